The molecule has 3 aromatic rings. The average Bonchev–Trinajstić information content (AvgIpc) is 2.37. The highest BCUT2D eigenvalue weighted by Gasteiger charge is 2.14. The Morgan fingerprint density at radius 3 is 2.89 bits per heavy atom. The molecule has 0 atom stereocenters. The van der Waals surface area contributed by atoms with E-state index >= 15 is 0 Å². The molecule has 3 rings (SSSR count). The second kappa shape index (κ2) is 3.73. The fourth-order valence-corrected chi connectivity index (χ4v) is 2.03. The van der Waals surface area contributed by atoms with E-state index in [1.807, 2.05) is 13.0 Å². The van der Waals surface area contributed by atoms with E-state index in [9.17, 15) is 10.1 Å². The van der Waals surface area contributed by atoms with E-state index in [0.29, 0.717) is 16.6 Å². The van der Waals surface area contributed by atoms with Crippen LogP contribution in [0.25, 0.3) is 21.9 Å². The predicted octanol–water partition coefficient (Wildman–Crippen LogP) is 3.00. The zero-order valence-corrected chi connectivity index (χ0v) is 9.62. The SMILES string of the molecule is Cc1ccc([N+](=O)[O-])c2cc3cccnc3nc12. The summed E-state index contributed by atoms with van der Waals surface area (Å²) in [4.78, 5) is 19.2. The zero-order valence-electron chi connectivity index (χ0n) is 9.62. The summed E-state index contributed by atoms with van der Waals surface area (Å²) < 4.78 is 0. The number of fused-ring (bicyclic) bond motifs is 2. The van der Waals surface area contributed by atoms with Gasteiger partial charge in [0.1, 0.15) is 0 Å². The number of hydrogen-bond donors (Lipinski definition) is 0. The van der Waals surface area contributed by atoms with Gasteiger partial charge in [-0.25, -0.2) is 9.97 Å². The summed E-state index contributed by atoms with van der Waals surface area (Å²) >= 11 is 0. The Labute approximate surface area is 102 Å². The molecule has 2 aromatic heterocycles. The molecule has 0 aliphatic carbocycles. The van der Waals surface area contributed by atoms with E-state index in [4.69, 9.17) is 0 Å². The summed E-state index contributed by atoms with van der Waals surface area (Å²) in [5.41, 5.74) is 2.22. The first-order chi connectivity index (χ1) is 8.66. The molecule has 0 spiro atoms. The molecule has 0 amide bonds. The molecule has 0 radical (unpaired) electrons. The first-order valence-electron chi connectivity index (χ1n) is 5.46. The Morgan fingerprint density at radius 2 is 2.11 bits per heavy atom. The molecular formula is C13H9N3O2. The van der Waals surface area contributed by atoms with Crippen molar-refractivity contribution in [3.63, 3.8) is 0 Å². The lowest BCUT2D eigenvalue weighted by molar-refractivity contribution is -0.383. The van der Waals surface area contributed by atoms with Crippen LogP contribution in [0.15, 0.2) is 36.5 Å². The molecular weight excluding hydrogens is 230 g/mol. The number of nitro groups is 1. The Balaban J connectivity index is 2.52. The van der Waals surface area contributed by atoms with Crippen molar-refractivity contribution in [3.05, 3.63) is 52.2 Å². The topological polar surface area (TPSA) is 68.9 Å². The second-order valence-electron chi connectivity index (χ2n) is 4.09. The molecule has 5 heteroatoms. The standard InChI is InChI=1S/C13H9N3O2/c1-8-4-5-11(16(17)18)10-7-9-3-2-6-14-13(9)15-12(8)10/h2-7H,1H3. The lowest BCUT2D eigenvalue weighted by Gasteiger charge is -2.04. The van der Waals surface area contributed by atoms with Gasteiger partial charge in [0.2, 0.25) is 0 Å². The van der Waals surface area contributed by atoms with Crippen molar-refractivity contribution >= 4 is 27.6 Å². The number of benzene rings is 1. The van der Waals surface area contributed by atoms with E-state index in [0.717, 1.165) is 10.9 Å². The van der Waals surface area contributed by atoms with E-state index in [-0.39, 0.29) is 10.6 Å². The Kier molecular flexibility index (Phi) is 2.19. The lowest BCUT2D eigenvalue weighted by Crippen LogP contribution is -1.94. The normalized spacial score (nSPS) is 10.9. The van der Waals surface area contributed by atoms with Gasteiger partial charge in [0.05, 0.1) is 15.8 Å². The third-order valence-electron chi connectivity index (χ3n) is 2.93. The van der Waals surface area contributed by atoms with Gasteiger partial charge in [-0.1, -0.05) is 6.07 Å². The van der Waals surface area contributed by atoms with Crippen molar-refractivity contribution < 1.29 is 4.92 Å². The molecule has 18 heavy (non-hydrogen) atoms. The van der Waals surface area contributed by atoms with Crippen molar-refractivity contribution in [2.45, 2.75) is 6.92 Å². The summed E-state index contributed by atoms with van der Waals surface area (Å²) in [5.74, 6) is 0. The van der Waals surface area contributed by atoms with Crippen molar-refractivity contribution in [2.24, 2.45) is 0 Å². The molecule has 5 nitrogen and oxygen atoms in total. The molecule has 0 saturated heterocycles. The van der Waals surface area contributed by atoms with E-state index in [2.05, 4.69) is 9.97 Å². The molecule has 1 aromatic carbocycles. The summed E-state index contributed by atoms with van der Waals surface area (Å²) in [6.45, 7) is 1.88. The lowest BCUT2D eigenvalue weighted by atomic mass is 10.1. The Hall–Kier alpha value is -2.56. The Bertz CT molecular complexity index is 784. The van der Waals surface area contributed by atoms with Gasteiger partial charge in [-0.15, -0.1) is 0 Å². The summed E-state index contributed by atoms with van der Waals surface area (Å²) in [6, 6.07) is 8.64. The third kappa shape index (κ3) is 1.48. The van der Waals surface area contributed by atoms with Crippen LogP contribution in [0.1, 0.15) is 5.56 Å². The highest BCUT2D eigenvalue weighted by molar-refractivity contribution is 5.97. The van der Waals surface area contributed by atoms with Gasteiger partial charge < -0.3 is 0 Å². The van der Waals surface area contributed by atoms with E-state index in [1.54, 1.807) is 24.4 Å². The number of aryl methyl sites for hydroxylation is 1. The monoisotopic (exact) mass is 239 g/mol. The first kappa shape index (κ1) is 10.6. The molecule has 0 unspecified atom stereocenters. The molecule has 88 valence electrons. The van der Waals surface area contributed by atoms with Gasteiger partial charge in [0.25, 0.3) is 5.69 Å². The van der Waals surface area contributed by atoms with Crippen molar-refractivity contribution in [1.82, 2.24) is 9.97 Å². The smallest absolute Gasteiger partial charge is 0.258 e. The van der Waals surface area contributed by atoms with Gasteiger partial charge >= 0.3 is 0 Å². The number of nitrogens with zero attached hydrogens (tertiary/aromatic N) is 3. The van der Waals surface area contributed by atoms with Crippen LogP contribution in [0.4, 0.5) is 5.69 Å². The third-order valence-corrected chi connectivity index (χ3v) is 2.93. The quantitative estimate of drug-likeness (QED) is 0.372. The second-order valence-corrected chi connectivity index (χ2v) is 4.09. The van der Waals surface area contributed by atoms with Crippen LogP contribution < -0.4 is 0 Å². The first-order valence-corrected chi connectivity index (χ1v) is 5.46. The highest BCUT2D eigenvalue weighted by Crippen LogP contribution is 2.29. The minimum Gasteiger partial charge on any atom is -0.258 e. The van der Waals surface area contributed by atoms with E-state index in [1.165, 1.54) is 6.07 Å². The molecule has 0 N–H and O–H groups in total. The van der Waals surface area contributed by atoms with Gasteiger partial charge in [-0.2, -0.15) is 0 Å². The van der Waals surface area contributed by atoms with E-state index < -0.39 is 0 Å². The number of nitro benzene ring substituents is 1. The Morgan fingerprint density at radius 1 is 1.28 bits per heavy atom. The van der Waals surface area contributed by atoms with Crippen molar-refractivity contribution in [2.75, 3.05) is 0 Å². The number of pyridine rings is 2. The minimum absolute atomic E-state index is 0.0776. The summed E-state index contributed by atoms with van der Waals surface area (Å²) in [5, 5.41) is 12.4. The van der Waals surface area contributed by atoms with Crippen LogP contribution >= 0.6 is 0 Å². The molecule has 0 bridgehead atoms. The maximum Gasteiger partial charge on any atom is 0.278 e. The van der Waals surface area contributed by atoms with Crippen molar-refractivity contribution in [3.8, 4) is 0 Å². The van der Waals surface area contributed by atoms with Gasteiger partial charge in [0.15, 0.2) is 5.65 Å². The largest absolute Gasteiger partial charge is 0.278 e. The van der Waals surface area contributed by atoms with Crippen LogP contribution in [-0.2, 0) is 0 Å². The fraction of sp³-hybridized carbons (Fsp3) is 0.0769. The van der Waals surface area contributed by atoms with Crippen LogP contribution in [-0.4, -0.2) is 14.9 Å². The number of aromatic nitrogens is 2. The minimum atomic E-state index is -0.383. The molecule has 0 fully saturated rings. The van der Waals surface area contributed by atoms with Crippen LogP contribution in [0.2, 0.25) is 0 Å². The predicted molar refractivity (Wildman–Crippen MR) is 68.4 cm³/mol. The molecule has 0 aliphatic heterocycles. The highest BCUT2D eigenvalue weighted by atomic mass is 16.6. The van der Waals surface area contributed by atoms with Crippen LogP contribution in [0.3, 0.4) is 0 Å². The zero-order chi connectivity index (χ0) is 12.7. The van der Waals surface area contributed by atoms with Gasteiger partial charge in [0, 0.05) is 17.6 Å². The maximum atomic E-state index is 11.0. The van der Waals surface area contributed by atoms with Gasteiger partial charge in [-0.05, 0) is 30.7 Å². The molecule has 0 saturated carbocycles. The molecule has 2 heterocycles. The van der Waals surface area contributed by atoms with Gasteiger partial charge in [-0.3, -0.25) is 10.1 Å². The maximum absolute atomic E-state index is 11.0. The number of hydrogen-bond acceptors (Lipinski definition) is 4. The van der Waals surface area contributed by atoms with Crippen LogP contribution in [0.5, 0.6) is 0 Å². The number of rotatable bonds is 1. The van der Waals surface area contributed by atoms with Crippen molar-refractivity contribution in [1.29, 1.82) is 0 Å². The molecule has 0 aliphatic rings. The fourth-order valence-electron chi connectivity index (χ4n) is 2.03. The average molecular weight is 239 g/mol. The summed E-state index contributed by atoms with van der Waals surface area (Å²) in [6.07, 6.45) is 1.66. The van der Waals surface area contributed by atoms with Crippen LogP contribution in [0, 0.1) is 17.0 Å². The number of non-ortho nitro benzene ring substituents is 1. The summed E-state index contributed by atoms with van der Waals surface area (Å²) in [7, 11) is 0.